The predicted octanol–water partition coefficient (Wildman–Crippen LogP) is 1.16. The van der Waals surface area contributed by atoms with E-state index in [4.69, 9.17) is 5.26 Å². The zero-order chi connectivity index (χ0) is 15.6. The topological polar surface area (TPSA) is 73.2 Å². The molecule has 0 amide bonds. The van der Waals surface area contributed by atoms with Crippen LogP contribution in [0.25, 0.3) is 0 Å². The summed E-state index contributed by atoms with van der Waals surface area (Å²) in [7, 11) is -3.38. The molecule has 2 bridgehead atoms. The van der Waals surface area contributed by atoms with E-state index in [-0.39, 0.29) is 16.2 Å². The van der Waals surface area contributed by atoms with Gasteiger partial charge in [0.15, 0.2) is 9.84 Å². The van der Waals surface area contributed by atoms with Crippen LogP contribution in [0.5, 0.6) is 0 Å². The number of sulfone groups is 1. The second kappa shape index (κ2) is 6.37. The van der Waals surface area contributed by atoms with Gasteiger partial charge >= 0.3 is 0 Å². The Hall–Kier alpha value is -1.42. The van der Waals surface area contributed by atoms with Crippen molar-refractivity contribution < 1.29 is 8.42 Å². The molecule has 3 rings (SSSR count). The highest BCUT2D eigenvalue weighted by molar-refractivity contribution is 7.91. The zero-order valence-electron chi connectivity index (χ0n) is 12.5. The third-order valence-corrected chi connectivity index (χ3v) is 6.56. The number of rotatable bonds is 5. The first-order valence-electron chi connectivity index (χ1n) is 7.80. The molecule has 0 spiro atoms. The van der Waals surface area contributed by atoms with E-state index in [0.717, 1.165) is 19.6 Å². The number of nitrogens with one attached hydrogen (secondary N) is 1. The summed E-state index contributed by atoms with van der Waals surface area (Å²) in [5.74, 6) is 0.106. The molecule has 0 aromatic heterocycles. The minimum Gasteiger partial charge on any atom is -0.314 e. The monoisotopic (exact) mass is 319 g/mol. The minimum absolute atomic E-state index is 0.106. The Labute approximate surface area is 131 Å². The van der Waals surface area contributed by atoms with Crippen LogP contribution in [-0.4, -0.2) is 50.8 Å². The van der Waals surface area contributed by atoms with Crippen LogP contribution < -0.4 is 5.32 Å². The maximum atomic E-state index is 12.5. The normalized spacial score (nSPS) is 25.0. The van der Waals surface area contributed by atoms with Crippen molar-refractivity contribution >= 4 is 9.84 Å². The van der Waals surface area contributed by atoms with E-state index < -0.39 is 9.84 Å². The van der Waals surface area contributed by atoms with E-state index >= 15 is 0 Å². The second-order valence-electron chi connectivity index (χ2n) is 6.06. The van der Waals surface area contributed by atoms with E-state index in [2.05, 4.69) is 10.2 Å². The average Bonchev–Trinajstić information content (AvgIpc) is 2.75. The first kappa shape index (κ1) is 15.5. The lowest BCUT2D eigenvalue weighted by molar-refractivity contribution is 0.154. The molecule has 0 radical (unpaired) electrons. The summed E-state index contributed by atoms with van der Waals surface area (Å²) >= 11 is 0. The van der Waals surface area contributed by atoms with E-state index in [1.807, 2.05) is 6.07 Å². The predicted molar refractivity (Wildman–Crippen MR) is 84.2 cm³/mol. The van der Waals surface area contributed by atoms with Crippen molar-refractivity contribution in [3.63, 3.8) is 0 Å². The lowest BCUT2D eigenvalue weighted by Crippen LogP contribution is -2.52. The molecular weight excluding hydrogens is 298 g/mol. The molecule has 2 aliphatic rings. The summed E-state index contributed by atoms with van der Waals surface area (Å²) < 4.78 is 24.9. The lowest BCUT2D eigenvalue weighted by Gasteiger charge is -2.35. The largest absolute Gasteiger partial charge is 0.314 e. The van der Waals surface area contributed by atoms with Gasteiger partial charge in [-0.15, -0.1) is 0 Å². The molecule has 2 unspecified atom stereocenters. The molecule has 2 fully saturated rings. The number of hydrogen-bond acceptors (Lipinski definition) is 5. The molecule has 5 nitrogen and oxygen atoms in total. The van der Waals surface area contributed by atoms with Crippen molar-refractivity contribution in [1.29, 1.82) is 5.26 Å². The summed E-state index contributed by atoms with van der Waals surface area (Å²) in [6, 6.07) is 9.54. The summed E-state index contributed by atoms with van der Waals surface area (Å²) in [6.45, 7) is 2.85. The van der Waals surface area contributed by atoms with Crippen LogP contribution in [-0.2, 0) is 9.84 Å². The molecule has 1 aromatic rings. The third kappa shape index (κ3) is 3.02. The quantitative estimate of drug-likeness (QED) is 0.881. The van der Waals surface area contributed by atoms with E-state index in [9.17, 15) is 8.42 Å². The van der Waals surface area contributed by atoms with Gasteiger partial charge in [-0.25, -0.2) is 8.42 Å². The van der Waals surface area contributed by atoms with Gasteiger partial charge in [-0.05, 0) is 37.9 Å². The van der Waals surface area contributed by atoms with Crippen LogP contribution >= 0.6 is 0 Å². The smallest absolute Gasteiger partial charge is 0.179 e. The Kier molecular flexibility index (Phi) is 4.48. The molecule has 2 saturated heterocycles. The van der Waals surface area contributed by atoms with Crippen LogP contribution in [0.15, 0.2) is 29.2 Å². The average molecular weight is 319 g/mol. The fourth-order valence-electron chi connectivity index (χ4n) is 3.61. The molecule has 2 heterocycles. The molecule has 1 N–H and O–H groups in total. The van der Waals surface area contributed by atoms with Gasteiger partial charge in [0.25, 0.3) is 0 Å². The van der Waals surface area contributed by atoms with Crippen molar-refractivity contribution in [1.82, 2.24) is 10.2 Å². The van der Waals surface area contributed by atoms with Crippen LogP contribution in [0.2, 0.25) is 0 Å². The standard InChI is InChI=1S/C16H21N3O2S/c17-10-13-4-1-2-5-16(13)22(20,21)9-3-8-19-14-6-7-15(19)12-18-11-14/h1-2,4-5,14-15,18H,3,6-9,11-12H2. The van der Waals surface area contributed by atoms with Gasteiger partial charge in [-0.3, -0.25) is 4.90 Å². The van der Waals surface area contributed by atoms with Crippen molar-refractivity contribution in [2.75, 3.05) is 25.4 Å². The molecule has 22 heavy (non-hydrogen) atoms. The van der Waals surface area contributed by atoms with Crippen molar-refractivity contribution in [2.45, 2.75) is 36.2 Å². The van der Waals surface area contributed by atoms with Crippen molar-refractivity contribution in [3.8, 4) is 6.07 Å². The molecule has 2 atom stereocenters. The Morgan fingerprint density at radius 2 is 1.91 bits per heavy atom. The first-order valence-corrected chi connectivity index (χ1v) is 9.45. The fourth-order valence-corrected chi connectivity index (χ4v) is 5.08. The Bertz CT molecular complexity index is 665. The number of nitriles is 1. The maximum absolute atomic E-state index is 12.5. The van der Waals surface area contributed by atoms with Crippen LogP contribution in [0.4, 0.5) is 0 Å². The molecule has 6 heteroatoms. The first-order chi connectivity index (χ1) is 10.6. The van der Waals surface area contributed by atoms with Crippen molar-refractivity contribution in [2.24, 2.45) is 0 Å². The summed E-state index contributed by atoms with van der Waals surface area (Å²) in [5.41, 5.74) is 0.241. The third-order valence-electron chi connectivity index (χ3n) is 4.70. The second-order valence-corrected chi connectivity index (χ2v) is 8.14. The van der Waals surface area contributed by atoms with Gasteiger partial charge in [-0.2, -0.15) is 5.26 Å². The SMILES string of the molecule is N#Cc1ccccc1S(=O)(=O)CCCN1C2CCC1CNC2. The number of piperazine rings is 1. The molecule has 0 saturated carbocycles. The van der Waals surface area contributed by atoms with Gasteiger partial charge < -0.3 is 5.32 Å². The van der Waals surface area contributed by atoms with Crippen molar-refractivity contribution in [3.05, 3.63) is 29.8 Å². The number of nitrogens with zero attached hydrogens (tertiary/aromatic N) is 2. The Morgan fingerprint density at radius 1 is 1.23 bits per heavy atom. The van der Waals surface area contributed by atoms with Gasteiger partial charge in [0, 0.05) is 25.2 Å². The van der Waals surface area contributed by atoms with Gasteiger partial charge in [0.1, 0.15) is 6.07 Å². The number of hydrogen-bond donors (Lipinski definition) is 1. The van der Waals surface area contributed by atoms with Gasteiger partial charge in [0.05, 0.1) is 16.2 Å². The zero-order valence-corrected chi connectivity index (χ0v) is 13.3. The molecular formula is C16H21N3O2S. The highest BCUT2D eigenvalue weighted by Crippen LogP contribution is 2.27. The molecule has 2 aliphatic heterocycles. The van der Waals surface area contributed by atoms with E-state index in [0.29, 0.717) is 18.5 Å². The molecule has 1 aromatic carbocycles. The highest BCUT2D eigenvalue weighted by atomic mass is 32.2. The Morgan fingerprint density at radius 3 is 2.59 bits per heavy atom. The summed E-state index contributed by atoms with van der Waals surface area (Å²) in [5, 5.41) is 12.5. The molecule has 118 valence electrons. The maximum Gasteiger partial charge on any atom is 0.179 e. The minimum atomic E-state index is -3.38. The highest BCUT2D eigenvalue weighted by Gasteiger charge is 2.35. The van der Waals surface area contributed by atoms with E-state index in [1.165, 1.54) is 18.9 Å². The summed E-state index contributed by atoms with van der Waals surface area (Å²) in [4.78, 5) is 2.63. The van der Waals surface area contributed by atoms with Crippen LogP contribution in [0.3, 0.4) is 0 Å². The summed E-state index contributed by atoms with van der Waals surface area (Å²) in [6.07, 6.45) is 3.04. The van der Waals surface area contributed by atoms with Gasteiger partial charge in [0.2, 0.25) is 0 Å². The number of fused-ring (bicyclic) bond motifs is 2. The number of benzene rings is 1. The lowest BCUT2D eigenvalue weighted by atomic mass is 10.2. The van der Waals surface area contributed by atoms with Crippen LogP contribution in [0.1, 0.15) is 24.8 Å². The fraction of sp³-hybridized carbons (Fsp3) is 0.562. The van der Waals surface area contributed by atoms with Crippen LogP contribution in [0, 0.1) is 11.3 Å². The van der Waals surface area contributed by atoms with Gasteiger partial charge in [-0.1, -0.05) is 12.1 Å². The Balaban J connectivity index is 1.62. The van der Waals surface area contributed by atoms with E-state index in [1.54, 1.807) is 18.2 Å². The molecule has 0 aliphatic carbocycles.